The maximum atomic E-state index is 5.44. The zero-order chi connectivity index (χ0) is 8.69. The number of rotatable bonds is 6. The smallest absolute Gasteiger partial charge is 0.108 e. The average molecular weight is 157 g/mol. The van der Waals surface area contributed by atoms with Crippen molar-refractivity contribution < 1.29 is 4.74 Å². The highest BCUT2D eigenvalue weighted by Gasteiger charge is 2.07. The first-order valence-corrected chi connectivity index (χ1v) is 4.22. The molecule has 0 amide bonds. The van der Waals surface area contributed by atoms with Crippen molar-refractivity contribution >= 4 is 0 Å². The SMILES string of the molecule is C=CCOC(C)N(CC)CC. The molecule has 0 rings (SSSR count). The van der Waals surface area contributed by atoms with Crippen LogP contribution < -0.4 is 0 Å². The van der Waals surface area contributed by atoms with E-state index in [9.17, 15) is 0 Å². The molecule has 1 atom stereocenters. The fraction of sp³-hybridized carbons (Fsp3) is 0.778. The highest BCUT2D eigenvalue weighted by molar-refractivity contribution is 4.65. The molecule has 2 heteroatoms. The summed E-state index contributed by atoms with van der Waals surface area (Å²) in [5.74, 6) is 0. The van der Waals surface area contributed by atoms with E-state index in [4.69, 9.17) is 4.74 Å². The van der Waals surface area contributed by atoms with Gasteiger partial charge in [-0.1, -0.05) is 19.9 Å². The van der Waals surface area contributed by atoms with Gasteiger partial charge in [0.15, 0.2) is 0 Å². The molecule has 0 aromatic rings. The summed E-state index contributed by atoms with van der Waals surface area (Å²) in [4.78, 5) is 2.25. The van der Waals surface area contributed by atoms with Gasteiger partial charge in [0.05, 0.1) is 6.61 Å². The zero-order valence-corrected chi connectivity index (χ0v) is 7.84. The molecule has 0 aliphatic rings. The quantitative estimate of drug-likeness (QED) is 0.431. The maximum absolute atomic E-state index is 5.44. The summed E-state index contributed by atoms with van der Waals surface area (Å²) < 4.78 is 5.44. The predicted molar refractivity (Wildman–Crippen MR) is 48.5 cm³/mol. The Morgan fingerprint density at radius 1 is 1.45 bits per heavy atom. The minimum Gasteiger partial charge on any atom is -0.359 e. The van der Waals surface area contributed by atoms with E-state index in [2.05, 4.69) is 32.3 Å². The van der Waals surface area contributed by atoms with Crippen LogP contribution in [-0.2, 0) is 4.74 Å². The molecule has 1 unspecified atom stereocenters. The largest absolute Gasteiger partial charge is 0.359 e. The molecule has 0 N–H and O–H groups in total. The molecule has 0 aromatic carbocycles. The Labute approximate surface area is 69.8 Å². The van der Waals surface area contributed by atoms with Crippen LogP contribution in [0.25, 0.3) is 0 Å². The van der Waals surface area contributed by atoms with E-state index < -0.39 is 0 Å². The number of nitrogens with zero attached hydrogens (tertiary/aromatic N) is 1. The van der Waals surface area contributed by atoms with Crippen LogP contribution in [0.4, 0.5) is 0 Å². The summed E-state index contributed by atoms with van der Waals surface area (Å²) in [6.45, 7) is 12.6. The fourth-order valence-corrected chi connectivity index (χ4v) is 1.05. The summed E-state index contributed by atoms with van der Waals surface area (Å²) >= 11 is 0. The van der Waals surface area contributed by atoms with E-state index in [1.54, 1.807) is 6.08 Å². The zero-order valence-electron chi connectivity index (χ0n) is 7.84. The number of hydrogen-bond donors (Lipinski definition) is 0. The van der Waals surface area contributed by atoms with Crippen molar-refractivity contribution in [1.29, 1.82) is 0 Å². The molecule has 66 valence electrons. The molecule has 0 radical (unpaired) electrons. The summed E-state index contributed by atoms with van der Waals surface area (Å²) in [6, 6.07) is 0. The average Bonchev–Trinajstić information content (AvgIpc) is 2.03. The van der Waals surface area contributed by atoms with Gasteiger partial charge in [0, 0.05) is 0 Å². The third-order valence-electron chi connectivity index (χ3n) is 1.78. The van der Waals surface area contributed by atoms with Crippen LogP contribution in [0.3, 0.4) is 0 Å². The van der Waals surface area contributed by atoms with Crippen LogP contribution in [0, 0.1) is 0 Å². The number of ether oxygens (including phenoxy) is 1. The summed E-state index contributed by atoms with van der Waals surface area (Å²) in [7, 11) is 0. The van der Waals surface area contributed by atoms with Gasteiger partial charge < -0.3 is 4.74 Å². The second kappa shape index (κ2) is 6.38. The first-order chi connectivity index (χ1) is 5.26. The Bertz CT molecular complexity index is 99.7. The summed E-state index contributed by atoms with van der Waals surface area (Å²) in [5, 5.41) is 0. The predicted octanol–water partition coefficient (Wildman–Crippen LogP) is 1.88. The van der Waals surface area contributed by atoms with Crippen LogP contribution in [0.1, 0.15) is 20.8 Å². The van der Waals surface area contributed by atoms with Gasteiger partial charge in [-0.15, -0.1) is 6.58 Å². The topological polar surface area (TPSA) is 12.5 Å². The molecular weight excluding hydrogens is 138 g/mol. The lowest BCUT2D eigenvalue weighted by molar-refractivity contribution is -0.0300. The minimum atomic E-state index is 0.211. The Morgan fingerprint density at radius 3 is 2.36 bits per heavy atom. The van der Waals surface area contributed by atoms with Gasteiger partial charge >= 0.3 is 0 Å². The van der Waals surface area contributed by atoms with Gasteiger partial charge in [0.2, 0.25) is 0 Å². The Kier molecular flexibility index (Phi) is 6.18. The van der Waals surface area contributed by atoms with Crippen LogP contribution in [0.2, 0.25) is 0 Å². The highest BCUT2D eigenvalue weighted by Crippen LogP contribution is 1.99. The molecule has 0 fully saturated rings. The van der Waals surface area contributed by atoms with Crippen molar-refractivity contribution in [1.82, 2.24) is 4.90 Å². The van der Waals surface area contributed by atoms with Gasteiger partial charge in [-0.3, -0.25) is 4.90 Å². The molecule has 11 heavy (non-hydrogen) atoms. The maximum Gasteiger partial charge on any atom is 0.108 e. The summed E-state index contributed by atoms with van der Waals surface area (Å²) in [6.07, 6.45) is 1.99. The lowest BCUT2D eigenvalue weighted by atomic mass is 10.4. The van der Waals surface area contributed by atoms with Gasteiger partial charge in [-0.2, -0.15) is 0 Å². The van der Waals surface area contributed by atoms with Crippen LogP contribution in [-0.4, -0.2) is 30.8 Å². The van der Waals surface area contributed by atoms with Gasteiger partial charge in [-0.05, 0) is 20.0 Å². The molecule has 0 bridgehead atoms. The highest BCUT2D eigenvalue weighted by atomic mass is 16.5. The third-order valence-corrected chi connectivity index (χ3v) is 1.78. The van der Waals surface area contributed by atoms with E-state index >= 15 is 0 Å². The molecule has 0 spiro atoms. The van der Waals surface area contributed by atoms with E-state index in [-0.39, 0.29) is 6.23 Å². The Hall–Kier alpha value is -0.340. The normalized spacial score (nSPS) is 13.5. The molecule has 0 aliphatic carbocycles. The molecule has 0 saturated heterocycles. The molecular formula is C9H19NO. The van der Waals surface area contributed by atoms with Crippen LogP contribution >= 0.6 is 0 Å². The standard InChI is InChI=1S/C9H19NO/c1-5-8-11-9(4)10(6-2)7-3/h5,9H,1,6-8H2,2-4H3. The van der Waals surface area contributed by atoms with Crippen molar-refractivity contribution in [2.24, 2.45) is 0 Å². The van der Waals surface area contributed by atoms with Gasteiger partial charge in [0.25, 0.3) is 0 Å². The Balaban J connectivity index is 3.59. The van der Waals surface area contributed by atoms with Crippen molar-refractivity contribution in [3.8, 4) is 0 Å². The van der Waals surface area contributed by atoms with Crippen LogP contribution in [0.5, 0.6) is 0 Å². The lowest BCUT2D eigenvalue weighted by Gasteiger charge is -2.25. The molecule has 2 nitrogen and oxygen atoms in total. The lowest BCUT2D eigenvalue weighted by Crippen LogP contribution is -2.34. The van der Waals surface area contributed by atoms with Gasteiger partial charge in [-0.25, -0.2) is 0 Å². The van der Waals surface area contributed by atoms with E-state index in [1.165, 1.54) is 0 Å². The van der Waals surface area contributed by atoms with E-state index in [0.717, 1.165) is 13.1 Å². The van der Waals surface area contributed by atoms with Gasteiger partial charge in [0.1, 0.15) is 6.23 Å². The van der Waals surface area contributed by atoms with E-state index in [1.807, 2.05) is 0 Å². The van der Waals surface area contributed by atoms with Crippen molar-refractivity contribution in [3.63, 3.8) is 0 Å². The number of hydrogen-bond acceptors (Lipinski definition) is 2. The van der Waals surface area contributed by atoms with E-state index in [0.29, 0.717) is 6.61 Å². The third kappa shape index (κ3) is 4.17. The van der Waals surface area contributed by atoms with Crippen molar-refractivity contribution in [2.45, 2.75) is 27.0 Å². The second-order valence-electron chi connectivity index (χ2n) is 2.44. The monoisotopic (exact) mass is 157 g/mol. The molecule has 0 heterocycles. The fourth-order valence-electron chi connectivity index (χ4n) is 1.05. The first kappa shape index (κ1) is 10.7. The van der Waals surface area contributed by atoms with Crippen molar-refractivity contribution in [2.75, 3.05) is 19.7 Å². The minimum absolute atomic E-state index is 0.211. The molecule has 0 aliphatic heterocycles. The van der Waals surface area contributed by atoms with Crippen molar-refractivity contribution in [3.05, 3.63) is 12.7 Å². The summed E-state index contributed by atoms with van der Waals surface area (Å²) in [5.41, 5.74) is 0. The second-order valence-corrected chi connectivity index (χ2v) is 2.44. The molecule has 0 aromatic heterocycles. The molecule has 0 saturated carbocycles. The van der Waals surface area contributed by atoms with Crippen LogP contribution in [0.15, 0.2) is 12.7 Å². The Morgan fingerprint density at radius 2 is 2.00 bits per heavy atom. The first-order valence-electron chi connectivity index (χ1n) is 4.22.